The molecule has 4 heteroatoms. The lowest BCUT2D eigenvalue weighted by atomic mass is 10.2. The molecule has 0 aromatic rings. The molecule has 0 fully saturated rings. The van der Waals surface area contributed by atoms with Gasteiger partial charge in [0, 0.05) is 12.8 Å². The lowest BCUT2D eigenvalue weighted by Crippen LogP contribution is -2.09. The summed E-state index contributed by atoms with van der Waals surface area (Å²) in [5.74, 6) is -0.483. The first-order valence-electron chi connectivity index (χ1n) is 6.31. The molecule has 0 aliphatic carbocycles. The van der Waals surface area contributed by atoms with Gasteiger partial charge in [-0.3, -0.25) is 9.59 Å². The van der Waals surface area contributed by atoms with Gasteiger partial charge in [-0.25, -0.2) is 0 Å². The second kappa shape index (κ2) is 11.4. The van der Waals surface area contributed by atoms with E-state index in [1.54, 1.807) is 0 Å². The zero-order chi connectivity index (χ0) is 12.9. The van der Waals surface area contributed by atoms with E-state index in [-0.39, 0.29) is 24.8 Å². The van der Waals surface area contributed by atoms with Crippen molar-refractivity contribution in [2.24, 2.45) is 0 Å². The Labute approximate surface area is 104 Å². The normalized spacial score (nSPS) is 10.0. The predicted molar refractivity (Wildman–Crippen MR) is 65.3 cm³/mol. The Morgan fingerprint density at radius 3 is 1.94 bits per heavy atom. The maximum absolute atomic E-state index is 11.2. The van der Waals surface area contributed by atoms with E-state index in [2.05, 4.69) is 6.92 Å². The van der Waals surface area contributed by atoms with Gasteiger partial charge in [-0.1, -0.05) is 26.7 Å². The smallest absolute Gasteiger partial charge is 0.305 e. The molecule has 0 aromatic heterocycles. The minimum atomic E-state index is -0.250. The van der Waals surface area contributed by atoms with Gasteiger partial charge in [0.15, 0.2) is 0 Å². The summed E-state index contributed by atoms with van der Waals surface area (Å²) in [4.78, 5) is 22.3. The zero-order valence-electron chi connectivity index (χ0n) is 10.7. The van der Waals surface area contributed by atoms with Crippen molar-refractivity contribution in [1.29, 1.82) is 0 Å². The number of unbranched alkanes of at least 4 members (excludes halogenated alkanes) is 2. The van der Waals surface area contributed by atoms with Gasteiger partial charge in [0.05, 0.1) is 13.2 Å². The molecule has 0 rings (SSSR count). The average Bonchev–Trinajstić information content (AvgIpc) is 2.30. The molecule has 0 aliphatic rings. The molecule has 0 aromatic carbocycles. The van der Waals surface area contributed by atoms with E-state index in [1.165, 1.54) is 0 Å². The SMILES string of the molecule is [CH2]CCCOC(=O)CCCC(=O)OCCCC. The van der Waals surface area contributed by atoms with Crippen LogP contribution in [-0.2, 0) is 19.1 Å². The third-order valence-electron chi connectivity index (χ3n) is 2.18. The number of carbonyl (C=O) groups is 2. The number of rotatable bonds is 10. The minimum absolute atomic E-state index is 0.232. The highest BCUT2D eigenvalue weighted by atomic mass is 16.5. The molecule has 0 spiro atoms. The first-order chi connectivity index (χ1) is 8.20. The van der Waals surface area contributed by atoms with E-state index >= 15 is 0 Å². The van der Waals surface area contributed by atoms with Crippen LogP contribution in [0, 0.1) is 6.92 Å². The van der Waals surface area contributed by atoms with Crippen molar-refractivity contribution in [2.75, 3.05) is 13.2 Å². The van der Waals surface area contributed by atoms with E-state index in [9.17, 15) is 9.59 Å². The third kappa shape index (κ3) is 11.2. The third-order valence-corrected chi connectivity index (χ3v) is 2.18. The lowest BCUT2D eigenvalue weighted by molar-refractivity contribution is -0.145. The molecule has 0 saturated carbocycles. The van der Waals surface area contributed by atoms with Crippen LogP contribution in [0.3, 0.4) is 0 Å². The molecular formula is C13H23O4. The molecule has 0 atom stereocenters. The standard InChI is InChI=1S/C13H23O4/c1-3-5-10-16-12(14)8-7-9-13(15)17-11-6-4-2/h1,3-11H2,2H3. The van der Waals surface area contributed by atoms with Gasteiger partial charge in [-0.2, -0.15) is 0 Å². The molecule has 0 aliphatic heterocycles. The van der Waals surface area contributed by atoms with Crippen molar-refractivity contribution < 1.29 is 19.1 Å². The van der Waals surface area contributed by atoms with Gasteiger partial charge in [-0.05, 0) is 19.3 Å². The molecule has 99 valence electrons. The summed E-state index contributed by atoms with van der Waals surface area (Å²) in [6, 6.07) is 0. The number of esters is 2. The summed E-state index contributed by atoms with van der Waals surface area (Å²) in [5.41, 5.74) is 0. The minimum Gasteiger partial charge on any atom is -0.466 e. The highest BCUT2D eigenvalue weighted by Crippen LogP contribution is 2.01. The van der Waals surface area contributed by atoms with Crippen LogP contribution in [0.1, 0.15) is 51.9 Å². The zero-order valence-corrected chi connectivity index (χ0v) is 10.7. The topological polar surface area (TPSA) is 52.6 Å². The molecule has 0 amide bonds. The Kier molecular flexibility index (Phi) is 10.7. The van der Waals surface area contributed by atoms with Crippen LogP contribution in [0.25, 0.3) is 0 Å². The van der Waals surface area contributed by atoms with Crippen LogP contribution in [-0.4, -0.2) is 25.2 Å². The molecule has 0 unspecified atom stereocenters. The van der Waals surface area contributed by atoms with Crippen LogP contribution in [0.2, 0.25) is 0 Å². The van der Waals surface area contributed by atoms with Crippen LogP contribution in [0.5, 0.6) is 0 Å². The van der Waals surface area contributed by atoms with Crippen LogP contribution < -0.4 is 0 Å². The maximum atomic E-state index is 11.2. The Morgan fingerprint density at radius 1 is 0.941 bits per heavy atom. The molecule has 0 heterocycles. The largest absolute Gasteiger partial charge is 0.466 e. The Bertz CT molecular complexity index is 191. The van der Waals surface area contributed by atoms with Crippen molar-refractivity contribution in [2.45, 2.75) is 51.9 Å². The summed E-state index contributed by atoms with van der Waals surface area (Å²) >= 11 is 0. The summed E-state index contributed by atoms with van der Waals surface area (Å²) in [6.07, 6.45) is 4.49. The van der Waals surface area contributed by atoms with Crippen molar-refractivity contribution in [1.82, 2.24) is 0 Å². The Balaban J connectivity index is 3.36. The highest BCUT2D eigenvalue weighted by molar-refractivity contribution is 5.72. The first kappa shape index (κ1) is 15.9. The Morgan fingerprint density at radius 2 is 1.47 bits per heavy atom. The van der Waals surface area contributed by atoms with Crippen molar-refractivity contribution in [3.05, 3.63) is 6.92 Å². The van der Waals surface area contributed by atoms with Gasteiger partial charge < -0.3 is 9.47 Å². The van der Waals surface area contributed by atoms with E-state index in [1.807, 2.05) is 6.92 Å². The summed E-state index contributed by atoms with van der Waals surface area (Å²) in [7, 11) is 0. The second-order valence-corrected chi connectivity index (χ2v) is 3.86. The number of hydrogen-bond acceptors (Lipinski definition) is 4. The summed E-state index contributed by atoms with van der Waals surface area (Å²) in [5, 5.41) is 0. The molecule has 0 bridgehead atoms. The fraction of sp³-hybridized carbons (Fsp3) is 0.769. The summed E-state index contributed by atoms with van der Waals surface area (Å²) in [6.45, 7) is 6.58. The molecule has 17 heavy (non-hydrogen) atoms. The number of ether oxygens (including phenoxy) is 2. The fourth-order valence-corrected chi connectivity index (χ4v) is 1.14. The van der Waals surface area contributed by atoms with Crippen molar-refractivity contribution in [3.8, 4) is 0 Å². The van der Waals surface area contributed by atoms with Crippen LogP contribution >= 0.6 is 0 Å². The first-order valence-corrected chi connectivity index (χ1v) is 6.31. The van der Waals surface area contributed by atoms with Gasteiger partial charge in [0.25, 0.3) is 0 Å². The highest BCUT2D eigenvalue weighted by Gasteiger charge is 2.06. The van der Waals surface area contributed by atoms with Gasteiger partial charge in [0.1, 0.15) is 0 Å². The van der Waals surface area contributed by atoms with E-state index < -0.39 is 0 Å². The van der Waals surface area contributed by atoms with E-state index in [4.69, 9.17) is 9.47 Å². The van der Waals surface area contributed by atoms with Gasteiger partial charge in [0.2, 0.25) is 0 Å². The molecule has 0 N–H and O–H groups in total. The monoisotopic (exact) mass is 243 g/mol. The summed E-state index contributed by atoms with van der Waals surface area (Å²) < 4.78 is 9.90. The number of hydrogen-bond donors (Lipinski definition) is 0. The number of carbonyl (C=O) groups excluding carboxylic acids is 2. The molecule has 1 radical (unpaired) electrons. The average molecular weight is 243 g/mol. The lowest BCUT2D eigenvalue weighted by Gasteiger charge is -2.04. The van der Waals surface area contributed by atoms with Gasteiger partial charge >= 0.3 is 11.9 Å². The predicted octanol–water partition coefficient (Wildman–Crippen LogP) is 2.66. The van der Waals surface area contributed by atoms with E-state index in [0.717, 1.165) is 25.7 Å². The van der Waals surface area contributed by atoms with Crippen molar-refractivity contribution in [3.63, 3.8) is 0 Å². The second-order valence-electron chi connectivity index (χ2n) is 3.86. The van der Waals surface area contributed by atoms with Crippen molar-refractivity contribution >= 4 is 11.9 Å². The van der Waals surface area contributed by atoms with E-state index in [0.29, 0.717) is 19.6 Å². The molecule has 0 saturated heterocycles. The molecule has 4 nitrogen and oxygen atoms in total. The van der Waals surface area contributed by atoms with Crippen LogP contribution in [0.15, 0.2) is 0 Å². The van der Waals surface area contributed by atoms with Crippen LogP contribution in [0.4, 0.5) is 0 Å². The Hall–Kier alpha value is -1.06. The fourth-order valence-electron chi connectivity index (χ4n) is 1.14. The molecular weight excluding hydrogens is 220 g/mol. The quantitative estimate of drug-likeness (QED) is 0.437. The van der Waals surface area contributed by atoms with Gasteiger partial charge in [-0.15, -0.1) is 0 Å². The maximum Gasteiger partial charge on any atom is 0.305 e.